The van der Waals surface area contributed by atoms with Gasteiger partial charge in [-0.15, -0.1) is 11.3 Å². The van der Waals surface area contributed by atoms with Crippen molar-refractivity contribution in [1.29, 1.82) is 0 Å². The van der Waals surface area contributed by atoms with Gasteiger partial charge in [0.15, 0.2) is 4.73 Å². The second kappa shape index (κ2) is 2.79. The lowest BCUT2D eigenvalue weighted by molar-refractivity contribution is 1.24. The monoisotopic (exact) mass is 228 g/mol. The molecule has 0 aromatic carbocycles. The summed E-state index contributed by atoms with van der Waals surface area (Å²) in [6.45, 7) is 0. The molecule has 0 unspecified atom stereocenters. The van der Waals surface area contributed by atoms with Gasteiger partial charge in [-0.25, -0.2) is 4.98 Å². The van der Waals surface area contributed by atoms with Crippen molar-refractivity contribution in [2.24, 2.45) is 0 Å². The summed E-state index contributed by atoms with van der Waals surface area (Å²) in [5.41, 5.74) is 1.06. The highest BCUT2D eigenvalue weighted by molar-refractivity contribution is 9.10. The van der Waals surface area contributed by atoms with Crippen LogP contribution >= 0.6 is 27.3 Å². The minimum absolute atomic E-state index is 0.779. The second-order valence-electron chi connectivity index (χ2n) is 2.06. The Morgan fingerprint density at radius 2 is 2.45 bits per heavy atom. The number of hydrogen-bond donors (Lipinski definition) is 1. The third-order valence-electron chi connectivity index (χ3n) is 1.33. The van der Waals surface area contributed by atoms with Gasteiger partial charge in [-0.2, -0.15) is 0 Å². The van der Waals surface area contributed by atoms with Crippen molar-refractivity contribution < 1.29 is 0 Å². The Morgan fingerprint density at radius 3 is 3.00 bits per heavy atom. The molecule has 0 bridgehead atoms. The number of aromatic nitrogens is 2. The van der Waals surface area contributed by atoms with Crippen molar-refractivity contribution in [3.63, 3.8) is 0 Å². The van der Waals surface area contributed by atoms with Gasteiger partial charge in [-0.05, 0) is 27.4 Å². The topological polar surface area (TPSA) is 28.7 Å². The minimum atomic E-state index is 0.779. The molecule has 2 aromatic heterocycles. The van der Waals surface area contributed by atoms with Crippen molar-refractivity contribution in [2.45, 2.75) is 0 Å². The van der Waals surface area contributed by atoms with Gasteiger partial charge in [-0.1, -0.05) is 6.07 Å². The van der Waals surface area contributed by atoms with Crippen molar-refractivity contribution in [1.82, 2.24) is 9.97 Å². The van der Waals surface area contributed by atoms with E-state index in [0.29, 0.717) is 0 Å². The molecule has 56 valence electrons. The van der Waals surface area contributed by atoms with E-state index in [0.717, 1.165) is 10.4 Å². The standard InChI is InChI=1S/C7H5BrN2S/c8-7-9-4-5(10-7)6-2-1-3-11-6/h1-4H,(H,9,10). The summed E-state index contributed by atoms with van der Waals surface area (Å²) < 4.78 is 0.779. The van der Waals surface area contributed by atoms with Crippen molar-refractivity contribution in [2.75, 3.05) is 0 Å². The average molecular weight is 229 g/mol. The summed E-state index contributed by atoms with van der Waals surface area (Å²) in [7, 11) is 0. The third kappa shape index (κ3) is 1.36. The molecule has 11 heavy (non-hydrogen) atoms. The van der Waals surface area contributed by atoms with Gasteiger partial charge < -0.3 is 4.98 Å². The number of H-pyrrole nitrogens is 1. The summed E-state index contributed by atoms with van der Waals surface area (Å²) >= 11 is 4.95. The summed E-state index contributed by atoms with van der Waals surface area (Å²) in [5, 5.41) is 2.05. The van der Waals surface area contributed by atoms with E-state index in [1.165, 1.54) is 4.88 Å². The van der Waals surface area contributed by atoms with Crippen molar-refractivity contribution in [3.05, 3.63) is 28.4 Å². The summed E-state index contributed by atoms with van der Waals surface area (Å²) in [5.74, 6) is 0. The Labute approximate surface area is 76.4 Å². The minimum Gasteiger partial charge on any atom is -0.332 e. The lowest BCUT2D eigenvalue weighted by Gasteiger charge is -1.86. The Kier molecular flexibility index (Phi) is 1.79. The van der Waals surface area contributed by atoms with Gasteiger partial charge in [0.1, 0.15) is 0 Å². The van der Waals surface area contributed by atoms with E-state index in [1.54, 1.807) is 11.3 Å². The molecular weight excluding hydrogens is 224 g/mol. The number of nitrogens with one attached hydrogen (secondary N) is 1. The van der Waals surface area contributed by atoms with Crippen molar-refractivity contribution in [3.8, 4) is 10.6 Å². The molecule has 0 fully saturated rings. The van der Waals surface area contributed by atoms with Crippen LogP contribution in [-0.4, -0.2) is 9.97 Å². The normalized spacial score (nSPS) is 10.3. The van der Waals surface area contributed by atoms with Gasteiger partial charge in [0, 0.05) is 0 Å². The van der Waals surface area contributed by atoms with Gasteiger partial charge in [0.05, 0.1) is 16.8 Å². The third-order valence-corrected chi connectivity index (χ3v) is 2.64. The van der Waals surface area contributed by atoms with Gasteiger partial charge in [0.25, 0.3) is 0 Å². The fraction of sp³-hybridized carbons (Fsp3) is 0. The highest BCUT2D eigenvalue weighted by atomic mass is 79.9. The van der Waals surface area contributed by atoms with E-state index in [2.05, 4.69) is 32.0 Å². The predicted molar refractivity (Wildman–Crippen MR) is 49.6 cm³/mol. The second-order valence-corrected chi connectivity index (χ2v) is 3.76. The highest BCUT2D eigenvalue weighted by Gasteiger charge is 2.00. The van der Waals surface area contributed by atoms with E-state index in [1.807, 2.05) is 17.6 Å². The first-order chi connectivity index (χ1) is 5.36. The molecule has 0 aliphatic heterocycles. The first-order valence-corrected chi connectivity index (χ1v) is 4.78. The number of halogens is 1. The van der Waals surface area contributed by atoms with Crippen LogP contribution in [0.5, 0.6) is 0 Å². The molecule has 0 radical (unpaired) electrons. The molecule has 0 aliphatic carbocycles. The number of rotatable bonds is 1. The average Bonchev–Trinajstić information content (AvgIpc) is 2.55. The Bertz CT molecular complexity index is 339. The Balaban J connectivity index is 2.45. The first-order valence-electron chi connectivity index (χ1n) is 3.10. The van der Waals surface area contributed by atoms with Crippen molar-refractivity contribution >= 4 is 27.3 Å². The van der Waals surface area contributed by atoms with E-state index in [9.17, 15) is 0 Å². The van der Waals surface area contributed by atoms with E-state index >= 15 is 0 Å². The van der Waals surface area contributed by atoms with Crippen LogP contribution in [0.15, 0.2) is 28.4 Å². The zero-order valence-corrected chi connectivity index (χ0v) is 7.95. The lowest BCUT2D eigenvalue weighted by atomic mass is 10.4. The number of nitrogens with zero attached hydrogens (tertiary/aromatic N) is 1. The first kappa shape index (κ1) is 7.06. The highest BCUT2D eigenvalue weighted by Crippen LogP contribution is 2.23. The fourth-order valence-corrected chi connectivity index (χ4v) is 1.86. The van der Waals surface area contributed by atoms with Crippen LogP contribution in [0.3, 0.4) is 0 Å². The van der Waals surface area contributed by atoms with Gasteiger partial charge in [0.2, 0.25) is 0 Å². The summed E-state index contributed by atoms with van der Waals surface area (Å²) in [6, 6.07) is 4.08. The van der Waals surface area contributed by atoms with Gasteiger partial charge >= 0.3 is 0 Å². The molecule has 0 saturated heterocycles. The van der Waals surface area contributed by atoms with Crippen LogP contribution in [0.1, 0.15) is 0 Å². The molecule has 2 rings (SSSR count). The summed E-state index contributed by atoms with van der Waals surface area (Å²) in [4.78, 5) is 8.35. The molecule has 0 spiro atoms. The molecular formula is C7H5BrN2S. The number of thiophene rings is 1. The van der Waals surface area contributed by atoms with E-state index in [4.69, 9.17) is 0 Å². The quantitative estimate of drug-likeness (QED) is 0.800. The lowest BCUT2D eigenvalue weighted by Crippen LogP contribution is -1.67. The van der Waals surface area contributed by atoms with Crippen LogP contribution in [-0.2, 0) is 0 Å². The SMILES string of the molecule is Brc1ncc(-c2cccs2)[nH]1. The maximum absolute atomic E-state index is 4.04. The molecule has 1 N–H and O–H groups in total. The molecule has 2 nitrogen and oxygen atoms in total. The van der Waals surface area contributed by atoms with E-state index in [-0.39, 0.29) is 0 Å². The fourth-order valence-electron chi connectivity index (χ4n) is 0.854. The maximum atomic E-state index is 4.04. The van der Waals surface area contributed by atoms with E-state index < -0.39 is 0 Å². The zero-order valence-electron chi connectivity index (χ0n) is 5.54. The molecule has 2 aromatic rings. The molecule has 0 amide bonds. The smallest absolute Gasteiger partial charge is 0.174 e. The molecule has 0 saturated carbocycles. The Morgan fingerprint density at radius 1 is 1.55 bits per heavy atom. The number of aromatic amines is 1. The van der Waals surface area contributed by atoms with Crippen LogP contribution < -0.4 is 0 Å². The summed E-state index contributed by atoms with van der Waals surface area (Å²) in [6.07, 6.45) is 1.82. The van der Waals surface area contributed by atoms with Gasteiger partial charge in [-0.3, -0.25) is 0 Å². The number of imidazole rings is 1. The molecule has 0 aliphatic rings. The largest absolute Gasteiger partial charge is 0.332 e. The zero-order chi connectivity index (χ0) is 7.68. The molecule has 4 heteroatoms. The van der Waals surface area contributed by atoms with Crippen LogP contribution in [0.25, 0.3) is 10.6 Å². The van der Waals surface area contributed by atoms with Crippen LogP contribution in [0.4, 0.5) is 0 Å². The number of hydrogen-bond acceptors (Lipinski definition) is 2. The van der Waals surface area contributed by atoms with Crippen LogP contribution in [0, 0.1) is 0 Å². The maximum Gasteiger partial charge on any atom is 0.174 e. The molecule has 0 atom stereocenters. The van der Waals surface area contributed by atoms with Crippen LogP contribution in [0.2, 0.25) is 0 Å². The predicted octanol–water partition coefficient (Wildman–Crippen LogP) is 2.90. The Hall–Kier alpha value is -0.610. The molecule has 2 heterocycles.